The molecule has 0 unspecified atom stereocenters. The molecule has 29 heavy (non-hydrogen) atoms. The highest BCUT2D eigenvalue weighted by atomic mass is 32.1. The summed E-state index contributed by atoms with van der Waals surface area (Å²) in [5.41, 5.74) is 3.21. The number of ether oxygens (including phenoxy) is 1. The van der Waals surface area contributed by atoms with Crippen LogP contribution in [0.5, 0.6) is 0 Å². The Kier molecular flexibility index (Phi) is 6.39. The van der Waals surface area contributed by atoms with Gasteiger partial charge in [-0.25, -0.2) is 4.98 Å². The van der Waals surface area contributed by atoms with Crippen LogP contribution in [0.4, 0.5) is 0 Å². The van der Waals surface area contributed by atoms with E-state index in [1.54, 1.807) is 6.26 Å². The quantitative estimate of drug-likeness (QED) is 0.645. The highest BCUT2D eigenvalue weighted by molar-refractivity contribution is 7.13. The summed E-state index contributed by atoms with van der Waals surface area (Å²) in [5.74, 6) is 0.709. The normalized spacial score (nSPS) is 15.9. The van der Waals surface area contributed by atoms with Crippen LogP contribution in [-0.2, 0) is 16.0 Å². The summed E-state index contributed by atoms with van der Waals surface area (Å²) in [7, 11) is 0. The second-order valence-corrected chi connectivity index (χ2v) is 8.04. The fraction of sp³-hybridized carbons (Fsp3) is 0.364. The van der Waals surface area contributed by atoms with Crippen LogP contribution in [0.3, 0.4) is 0 Å². The molecule has 1 atom stereocenters. The Morgan fingerprint density at radius 3 is 2.90 bits per heavy atom. The van der Waals surface area contributed by atoms with E-state index in [0.29, 0.717) is 6.54 Å². The number of carbonyl (C=O) groups excluding carboxylic acids is 1. The first-order valence-electron chi connectivity index (χ1n) is 9.82. The van der Waals surface area contributed by atoms with Crippen LogP contribution in [0, 0.1) is 6.92 Å². The van der Waals surface area contributed by atoms with Gasteiger partial charge in [-0.1, -0.05) is 29.8 Å². The van der Waals surface area contributed by atoms with Gasteiger partial charge >= 0.3 is 0 Å². The van der Waals surface area contributed by atoms with Gasteiger partial charge in [0.05, 0.1) is 37.6 Å². The van der Waals surface area contributed by atoms with Crippen LogP contribution in [-0.4, -0.2) is 48.6 Å². The van der Waals surface area contributed by atoms with Crippen molar-refractivity contribution >= 4 is 17.2 Å². The monoisotopic (exact) mass is 411 g/mol. The van der Waals surface area contributed by atoms with Crippen molar-refractivity contribution in [3.8, 4) is 10.8 Å². The number of carbonyl (C=O) groups is 1. The molecule has 1 amide bonds. The minimum atomic E-state index is -0.0211. The number of hydrogen-bond donors (Lipinski definition) is 1. The van der Waals surface area contributed by atoms with Crippen LogP contribution in [0.25, 0.3) is 10.8 Å². The molecule has 4 rings (SSSR count). The number of morpholine rings is 1. The first kappa shape index (κ1) is 19.8. The van der Waals surface area contributed by atoms with Gasteiger partial charge < -0.3 is 14.5 Å². The van der Waals surface area contributed by atoms with Crippen molar-refractivity contribution in [3.63, 3.8) is 0 Å². The van der Waals surface area contributed by atoms with Crippen molar-refractivity contribution in [2.75, 3.05) is 32.8 Å². The van der Waals surface area contributed by atoms with Crippen LogP contribution in [0.15, 0.2) is 52.5 Å². The first-order valence-corrected chi connectivity index (χ1v) is 10.7. The van der Waals surface area contributed by atoms with Crippen LogP contribution >= 0.6 is 11.3 Å². The van der Waals surface area contributed by atoms with Crippen molar-refractivity contribution in [1.82, 2.24) is 15.2 Å². The Hall–Kier alpha value is -2.48. The lowest BCUT2D eigenvalue weighted by Crippen LogP contribution is -2.44. The maximum Gasteiger partial charge on any atom is 0.226 e. The van der Waals surface area contributed by atoms with E-state index < -0.39 is 0 Å². The second-order valence-electron chi connectivity index (χ2n) is 7.18. The lowest BCUT2D eigenvalue weighted by Gasteiger charge is -2.35. The van der Waals surface area contributed by atoms with Gasteiger partial charge in [0.1, 0.15) is 0 Å². The third-order valence-corrected chi connectivity index (χ3v) is 5.94. The van der Waals surface area contributed by atoms with Crippen molar-refractivity contribution in [1.29, 1.82) is 0 Å². The van der Waals surface area contributed by atoms with Gasteiger partial charge in [-0.3, -0.25) is 9.69 Å². The Morgan fingerprint density at radius 1 is 1.28 bits per heavy atom. The highest BCUT2D eigenvalue weighted by Crippen LogP contribution is 2.25. The fourth-order valence-corrected chi connectivity index (χ4v) is 4.35. The van der Waals surface area contributed by atoms with E-state index in [2.05, 4.69) is 46.4 Å². The van der Waals surface area contributed by atoms with Gasteiger partial charge in [0, 0.05) is 25.0 Å². The van der Waals surface area contributed by atoms with E-state index in [0.717, 1.165) is 42.8 Å². The molecule has 7 heteroatoms. The number of amides is 1. The molecule has 1 aliphatic heterocycles. The van der Waals surface area contributed by atoms with Crippen LogP contribution < -0.4 is 5.32 Å². The van der Waals surface area contributed by atoms with Gasteiger partial charge in [0.2, 0.25) is 5.91 Å². The Bertz CT molecular complexity index is 932. The average molecular weight is 412 g/mol. The molecule has 1 aliphatic rings. The number of hydrogen-bond acceptors (Lipinski definition) is 6. The summed E-state index contributed by atoms with van der Waals surface area (Å²) in [6.45, 7) is 5.85. The molecule has 0 bridgehead atoms. The minimum Gasteiger partial charge on any atom is -0.462 e. The predicted octanol–water partition coefficient (Wildman–Crippen LogP) is 3.44. The molecule has 6 nitrogen and oxygen atoms in total. The third kappa shape index (κ3) is 5.12. The van der Waals surface area contributed by atoms with Crippen molar-refractivity contribution < 1.29 is 13.9 Å². The number of aryl methyl sites for hydroxylation is 1. The lowest BCUT2D eigenvalue weighted by atomic mass is 10.0. The van der Waals surface area contributed by atoms with Crippen molar-refractivity contribution in [3.05, 3.63) is 64.9 Å². The summed E-state index contributed by atoms with van der Waals surface area (Å²) in [4.78, 5) is 19.5. The molecule has 3 aromatic rings. The zero-order valence-electron chi connectivity index (χ0n) is 16.5. The van der Waals surface area contributed by atoms with E-state index in [1.807, 2.05) is 17.5 Å². The molecular weight excluding hydrogens is 386 g/mol. The largest absolute Gasteiger partial charge is 0.462 e. The topological polar surface area (TPSA) is 67.6 Å². The zero-order chi connectivity index (χ0) is 20.1. The molecule has 0 saturated carbocycles. The van der Waals surface area contributed by atoms with Crippen LogP contribution in [0.2, 0.25) is 0 Å². The SMILES string of the molecule is Cc1cccc([C@H](CNC(=O)Cc2csc(-c3ccco3)n2)N2CCOCC2)c1. The number of rotatable bonds is 7. The maximum atomic E-state index is 12.6. The molecule has 1 aromatic carbocycles. The Balaban J connectivity index is 1.39. The minimum absolute atomic E-state index is 0.0211. The highest BCUT2D eigenvalue weighted by Gasteiger charge is 2.23. The van der Waals surface area contributed by atoms with E-state index in [4.69, 9.17) is 9.15 Å². The summed E-state index contributed by atoms with van der Waals surface area (Å²) >= 11 is 1.49. The second kappa shape index (κ2) is 9.35. The number of thiazole rings is 1. The molecule has 0 aliphatic carbocycles. The van der Waals surface area contributed by atoms with Crippen molar-refractivity contribution in [2.45, 2.75) is 19.4 Å². The fourth-order valence-electron chi connectivity index (χ4n) is 3.56. The first-order chi connectivity index (χ1) is 14.2. The van der Waals surface area contributed by atoms with E-state index in [-0.39, 0.29) is 18.4 Å². The summed E-state index contributed by atoms with van der Waals surface area (Å²) in [5, 5.41) is 5.82. The molecule has 2 aromatic heterocycles. The van der Waals surface area contributed by atoms with Gasteiger partial charge in [-0.15, -0.1) is 11.3 Å². The molecule has 152 valence electrons. The van der Waals surface area contributed by atoms with Gasteiger partial charge in [0.15, 0.2) is 10.8 Å². The summed E-state index contributed by atoms with van der Waals surface area (Å²) in [6, 6.07) is 12.3. The van der Waals surface area contributed by atoms with E-state index >= 15 is 0 Å². The number of furan rings is 1. The molecule has 1 N–H and O–H groups in total. The smallest absolute Gasteiger partial charge is 0.226 e. The van der Waals surface area contributed by atoms with Gasteiger partial charge in [0.25, 0.3) is 0 Å². The summed E-state index contributed by atoms with van der Waals surface area (Å²) in [6.07, 6.45) is 1.89. The molecule has 1 fully saturated rings. The predicted molar refractivity (Wildman–Crippen MR) is 113 cm³/mol. The molecule has 1 saturated heterocycles. The Morgan fingerprint density at radius 2 is 2.14 bits per heavy atom. The lowest BCUT2D eigenvalue weighted by molar-refractivity contribution is -0.120. The van der Waals surface area contributed by atoms with Crippen molar-refractivity contribution in [2.24, 2.45) is 0 Å². The number of nitrogens with zero attached hydrogens (tertiary/aromatic N) is 2. The number of nitrogens with one attached hydrogen (secondary N) is 1. The molecule has 3 heterocycles. The maximum absolute atomic E-state index is 12.6. The third-order valence-electron chi connectivity index (χ3n) is 5.03. The summed E-state index contributed by atoms with van der Waals surface area (Å²) < 4.78 is 10.9. The molecular formula is C22H25N3O3S. The van der Waals surface area contributed by atoms with E-state index in [1.165, 1.54) is 22.5 Å². The standard InChI is InChI=1S/C22H25N3O3S/c1-16-4-2-5-17(12-16)19(25-7-10-27-11-8-25)14-23-21(26)13-18-15-29-22(24-18)20-6-3-9-28-20/h2-6,9,12,15,19H,7-8,10-11,13-14H2,1H3,(H,23,26)/t19-/m0/s1. The molecule has 0 radical (unpaired) electrons. The zero-order valence-corrected chi connectivity index (χ0v) is 17.3. The number of benzene rings is 1. The Labute approximate surface area is 174 Å². The average Bonchev–Trinajstić information content (AvgIpc) is 3.41. The van der Waals surface area contributed by atoms with Crippen LogP contribution in [0.1, 0.15) is 22.9 Å². The molecule has 0 spiro atoms. The number of aromatic nitrogens is 1. The van der Waals surface area contributed by atoms with Gasteiger partial charge in [-0.2, -0.15) is 0 Å². The van der Waals surface area contributed by atoms with E-state index in [9.17, 15) is 4.79 Å². The van der Waals surface area contributed by atoms with Gasteiger partial charge in [-0.05, 0) is 24.6 Å².